The molecule has 0 heterocycles. The highest BCUT2D eigenvalue weighted by Gasteiger charge is 1.78. The number of nitrogens with two attached hydrogens (primary N) is 1. The van der Waals surface area contributed by atoms with Gasteiger partial charge in [-0.05, 0) is 19.5 Å². The van der Waals surface area contributed by atoms with Gasteiger partial charge in [0.2, 0.25) is 0 Å². The largest absolute Gasteiger partial charge is 0.379 e. The Hall–Kier alpha value is -0.500. The average Bonchev–Trinajstić information content (AvgIpc) is 1.83. The first-order chi connectivity index (χ1) is 3.81. The summed E-state index contributed by atoms with van der Waals surface area (Å²) in [5.41, 5.74) is 6.50. The molecule has 0 aliphatic heterocycles. The Morgan fingerprint density at radius 2 is 2.38 bits per heavy atom. The zero-order valence-electron chi connectivity index (χ0n) is 5.57. The fourth-order valence-corrected chi connectivity index (χ4v) is 0.335. The predicted molar refractivity (Wildman–Crippen MR) is 36.2 cm³/mol. The summed E-state index contributed by atoms with van der Waals surface area (Å²) in [5.74, 6) is 0. The Morgan fingerprint density at radius 1 is 1.75 bits per heavy atom. The van der Waals surface area contributed by atoms with E-state index in [4.69, 9.17) is 5.73 Å². The molecule has 2 heteroatoms. The van der Waals surface area contributed by atoms with Gasteiger partial charge in [0.25, 0.3) is 0 Å². The van der Waals surface area contributed by atoms with E-state index in [0.717, 1.165) is 6.42 Å². The minimum absolute atomic E-state index is 0.525. The molecule has 8 heavy (non-hydrogen) atoms. The van der Waals surface area contributed by atoms with Crippen LogP contribution in [0.1, 0.15) is 20.3 Å². The third-order valence-electron chi connectivity index (χ3n) is 1.02. The maximum atomic E-state index is 5.18. The molecule has 48 valence electrons. The van der Waals surface area contributed by atoms with Gasteiger partial charge in [-0.15, -0.1) is 0 Å². The second-order valence-corrected chi connectivity index (χ2v) is 1.75. The lowest BCUT2D eigenvalue weighted by Gasteiger charge is -1.95. The zero-order chi connectivity index (χ0) is 6.41. The minimum atomic E-state index is 0.525. The van der Waals surface area contributed by atoms with E-state index in [1.165, 1.54) is 5.57 Å². The molecule has 0 atom stereocenters. The van der Waals surface area contributed by atoms with Crippen LogP contribution in [0.25, 0.3) is 0 Å². The second kappa shape index (κ2) is 4.65. The summed E-state index contributed by atoms with van der Waals surface area (Å²) in [6.07, 6.45) is 3.03. The van der Waals surface area contributed by atoms with Crippen molar-refractivity contribution < 1.29 is 0 Å². The molecule has 3 N–H and O–H groups in total. The van der Waals surface area contributed by atoms with Crippen molar-refractivity contribution in [2.75, 3.05) is 6.67 Å². The molecular weight excluding hydrogens is 100 g/mol. The Balaban J connectivity index is 3.26. The highest BCUT2D eigenvalue weighted by Crippen LogP contribution is 1.93. The van der Waals surface area contributed by atoms with Crippen LogP contribution < -0.4 is 11.1 Å². The molecule has 0 fully saturated rings. The monoisotopic (exact) mass is 114 g/mol. The molecule has 0 bridgehead atoms. The van der Waals surface area contributed by atoms with Crippen LogP contribution in [0.3, 0.4) is 0 Å². The molecule has 2 nitrogen and oxygen atoms in total. The van der Waals surface area contributed by atoms with Crippen LogP contribution in [0.4, 0.5) is 0 Å². The van der Waals surface area contributed by atoms with E-state index < -0.39 is 0 Å². The fourth-order valence-electron chi connectivity index (χ4n) is 0.335. The van der Waals surface area contributed by atoms with Crippen LogP contribution in [0.5, 0.6) is 0 Å². The fraction of sp³-hybridized carbons (Fsp3) is 0.667. The third kappa shape index (κ3) is 3.68. The van der Waals surface area contributed by atoms with Crippen LogP contribution in [0, 0.1) is 0 Å². The summed E-state index contributed by atoms with van der Waals surface area (Å²) in [7, 11) is 0. The zero-order valence-corrected chi connectivity index (χ0v) is 5.57. The van der Waals surface area contributed by atoms with Gasteiger partial charge in [-0.1, -0.05) is 12.5 Å². The van der Waals surface area contributed by atoms with Gasteiger partial charge in [-0.2, -0.15) is 0 Å². The van der Waals surface area contributed by atoms with Gasteiger partial charge in [0.15, 0.2) is 0 Å². The number of allylic oxidation sites excluding steroid dienone is 1. The standard InChI is InChI=1S/C6H14N2/c1-3-6(2)4-8-5-7/h4,8H,3,5,7H2,1-2H3/b6-4+. The van der Waals surface area contributed by atoms with Crippen molar-refractivity contribution in [3.05, 3.63) is 11.8 Å². The summed E-state index contributed by atoms with van der Waals surface area (Å²) in [4.78, 5) is 0. The molecule has 0 aliphatic rings. The van der Waals surface area contributed by atoms with E-state index in [-0.39, 0.29) is 0 Å². The molecular formula is C6H14N2. The quantitative estimate of drug-likeness (QED) is 0.533. The highest BCUT2D eigenvalue weighted by atomic mass is 14.9. The Labute approximate surface area is 50.8 Å². The summed E-state index contributed by atoms with van der Waals surface area (Å²) in [6.45, 7) is 4.71. The van der Waals surface area contributed by atoms with E-state index in [2.05, 4.69) is 19.2 Å². The van der Waals surface area contributed by atoms with Crippen molar-refractivity contribution in [1.29, 1.82) is 0 Å². The molecule has 0 unspecified atom stereocenters. The van der Waals surface area contributed by atoms with Crippen molar-refractivity contribution in [2.45, 2.75) is 20.3 Å². The Bertz CT molecular complexity index is 76.6. The number of nitrogens with one attached hydrogen (secondary N) is 1. The van der Waals surface area contributed by atoms with Crippen molar-refractivity contribution in [1.82, 2.24) is 5.32 Å². The molecule has 0 saturated heterocycles. The van der Waals surface area contributed by atoms with Gasteiger partial charge in [-0.25, -0.2) is 0 Å². The molecule has 0 aliphatic carbocycles. The van der Waals surface area contributed by atoms with E-state index in [1.807, 2.05) is 6.20 Å². The van der Waals surface area contributed by atoms with Crippen molar-refractivity contribution in [2.24, 2.45) is 5.73 Å². The third-order valence-corrected chi connectivity index (χ3v) is 1.02. The first kappa shape index (κ1) is 7.50. The Morgan fingerprint density at radius 3 is 2.75 bits per heavy atom. The maximum absolute atomic E-state index is 5.18. The van der Waals surface area contributed by atoms with E-state index in [0.29, 0.717) is 6.67 Å². The van der Waals surface area contributed by atoms with Crippen LogP contribution >= 0.6 is 0 Å². The van der Waals surface area contributed by atoms with Gasteiger partial charge in [0.1, 0.15) is 0 Å². The Kier molecular flexibility index (Phi) is 4.36. The maximum Gasteiger partial charge on any atom is 0.0622 e. The molecule has 0 radical (unpaired) electrons. The van der Waals surface area contributed by atoms with E-state index in [1.54, 1.807) is 0 Å². The lowest BCUT2D eigenvalue weighted by molar-refractivity contribution is 0.864. The molecule has 0 amide bonds. The van der Waals surface area contributed by atoms with Crippen LogP contribution in [0.2, 0.25) is 0 Å². The van der Waals surface area contributed by atoms with E-state index in [9.17, 15) is 0 Å². The summed E-state index contributed by atoms with van der Waals surface area (Å²) in [5, 5.41) is 2.91. The number of rotatable bonds is 3. The molecule has 0 saturated carbocycles. The summed E-state index contributed by atoms with van der Waals surface area (Å²) in [6, 6.07) is 0. The van der Waals surface area contributed by atoms with Crippen molar-refractivity contribution in [3.63, 3.8) is 0 Å². The highest BCUT2D eigenvalue weighted by molar-refractivity contribution is 4.94. The van der Waals surface area contributed by atoms with Crippen molar-refractivity contribution >= 4 is 0 Å². The van der Waals surface area contributed by atoms with Crippen LogP contribution in [-0.2, 0) is 0 Å². The smallest absolute Gasteiger partial charge is 0.0622 e. The molecule has 0 aromatic heterocycles. The van der Waals surface area contributed by atoms with Gasteiger partial charge >= 0.3 is 0 Å². The predicted octanol–water partition coefficient (Wildman–Crippen LogP) is 0.806. The SMILES string of the molecule is CC/C(C)=C/NCN. The molecule has 0 aromatic rings. The second-order valence-electron chi connectivity index (χ2n) is 1.75. The van der Waals surface area contributed by atoms with Crippen molar-refractivity contribution in [3.8, 4) is 0 Å². The van der Waals surface area contributed by atoms with Crippen LogP contribution in [0.15, 0.2) is 11.8 Å². The molecule has 0 aromatic carbocycles. The van der Waals surface area contributed by atoms with Gasteiger partial charge in [0, 0.05) is 0 Å². The lowest BCUT2D eigenvalue weighted by atomic mass is 10.3. The average molecular weight is 114 g/mol. The first-order valence-corrected chi connectivity index (χ1v) is 2.90. The normalized spacial score (nSPS) is 11.6. The first-order valence-electron chi connectivity index (χ1n) is 2.90. The molecule has 0 spiro atoms. The lowest BCUT2D eigenvalue weighted by Crippen LogP contribution is -2.16. The van der Waals surface area contributed by atoms with Gasteiger partial charge in [-0.3, -0.25) is 0 Å². The number of hydrogen-bond donors (Lipinski definition) is 2. The molecule has 0 rings (SSSR count). The number of hydrogen-bond acceptors (Lipinski definition) is 2. The van der Waals surface area contributed by atoms with E-state index >= 15 is 0 Å². The van der Waals surface area contributed by atoms with Gasteiger partial charge < -0.3 is 11.1 Å². The summed E-state index contributed by atoms with van der Waals surface area (Å²) < 4.78 is 0. The minimum Gasteiger partial charge on any atom is -0.379 e. The summed E-state index contributed by atoms with van der Waals surface area (Å²) >= 11 is 0. The van der Waals surface area contributed by atoms with Gasteiger partial charge in [0.05, 0.1) is 6.67 Å². The van der Waals surface area contributed by atoms with Crippen LogP contribution in [-0.4, -0.2) is 6.67 Å². The topological polar surface area (TPSA) is 38.0 Å².